The van der Waals surface area contributed by atoms with Crippen LogP contribution in [0.25, 0.3) is 0 Å². The molecule has 4 rings (SSSR count). The van der Waals surface area contributed by atoms with Gasteiger partial charge in [-0.15, -0.1) is 0 Å². The Morgan fingerprint density at radius 1 is 1.48 bits per heavy atom. The molecular weight excluding hydrogens is 383 g/mol. The zero-order valence-electron chi connectivity index (χ0n) is 15.8. The number of rotatable bonds is 4. The van der Waals surface area contributed by atoms with E-state index in [2.05, 4.69) is 0 Å². The molecule has 2 aliphatic heterocycles. The van der Waals surface area contributed by atoms with Crippen LogP contribution >= 0.6 is 0 Å². The molecule has 2 heterocycles. The molecule has 3 aliphatic rings. The third-order valence-corrected chi connectivity index (χ3v) is 5.48. The molecular formula is C19H19FN4O5. The molecule has 152 valence electrons. The third kappa shape index (κ3) is 3.12. The molecule has 9 nitrogen and oxygen atoms in total. The van der Waals surface area contributed by atoms with Crippen LogP contribution in [0.5, 0.6) is 5.75 Å². The smallest absolute Gasteiger partial charge is 0.272 e. The summed E-state index contributed by atoms with van der Waals surface area (Å²) in [6.45, 7) is 0.780. The first-order chi connectivity index (χ1) is 13.9. The van der Waals surface area contributed by atoms with Gasteiger partial charge >= 0.3 is 0 Å². The maximum Gasteiger partial charge on any atom is 0.272 e. The minimum atomic E-state index is -1.04. The van der Waals surface area contributed by atoms with Gasteiger partial charge in [-0.1, -0.05) is 0 Å². The molecule has 29 heavy (non-hydrogen) atoms. The summed E-state index contributed by atoms with van der Waals surface area (Å²) in [5.41, 5.74) is -1.20. The van der Waals surface area contributed by atoms with Gasteiger partial charge in [0.15, 0.2) is 11.4 Å². The molecule has 1 aromatic rings. The number of fused-ring (bicyclic) bond motifs is 1. The van der Waals surface area contributed by atoms with E-state index in [-0.39, 0.29) is 42.6 Å². The number of halogens is 1. The number of hydrogen-bond acceptors (Lipinski definition) is 7. The van der Waals surface area contributed by atoms with Crippen molar-refractivity contribution >= 4 is 29.6 Å². The zero-order valence-corrected chi connectivity index (χ0v) is 15.8. The fourth-order valence-electron chi connectivity index (χ4n) is 3.61. The number of morpholine rings is 1. The van der Waals surface area contributed by atoms with Crippen LogP contribution in [0.2, 0.25) is 0 Å². The Bertz CT molecular complexity index is 926. The van der Waals surface area contributed by atoms with E-state index in [0.717, 1.165) is 6.07 Å². The largest absolute Gasteiger partial charge is 0.475 e. The van der Waals surface area contributed by atoms with Crippen molar-refractivity contribution in [2.24, 2.45) is 0 Å². The summed E-state index contributed by atoms with van der Waals surface area (Å²) in [4.78, 5) is 40.9. The number of amides is 3. The number of nitriles is 1. The highest BCUT2D eigenvalue weighted by atomic mass is 19.1. The Morgan fingerprint density at radius 2 is 2.24 bits per heavy atom. The molecule has 1 saturated carbocycles. The highest BCUT2D eigenvalue weighted by Crippen LogP contribution is 2.50. The average molecular weight is 402 g/mol. The molecule has 0 N–H and O–H groups in total. The second-order valence-electron chi connectivity index (χ2n) is 7.30. The van der Waals surface area contributed by atoms with Crippen LogP contribution in [0.1, 0.15) is 12.8 Å². The quantitative estimate of drug-likeness (QED) is 0.531. The van der Waals surface area contributed by atoms with Crippen molar-refractivity contribution in [3.8, 4) is 11.8 Å². The van der Waals surface area contributed by atoms with Gasteiger partial charge in [-0.3, -0.25) is 24.2 Å². The van der Waals surface area contributed by atoms with Crippen LogP contribution in [-0.4, -0.2) is 68.1 Å². The van der Waals surface area contributed by atoms with Crippen molar-refractivity contribution in [3.05, 3.63) is 17.9 Å². The Morgan fingerprint density at radius 3 is 2.86 bits per heavy atom. The van der Waals surface area contributed by atoms with Gasteiger partial charge in [0.1, 0.15) is 18.3 Å². The van der Waals surface area contributed by atoms with Gasteiger partial charge in [-0.2, -0.15) is 5.26 Å². The number of likely N-dealkylation sites (N-methyl/N-ethyl adjacent to an activating group) is 1. The molecule has 3 amide bonds. The second-order valence-corrected chi connectivity index (χ2v) is 7.30. The van der Waals surface area contributed by atoms with E-state index in [1.807, 2.05) is 6.07 Å². The third-order valence-electron chi connectivity index (χ3n) is 5.48. The molecule has 1 aromatic carbocycles. The fraction of sp³-hybridized carbons (Fsp3) is 0.474. The number of anilines is 2. The summed E-state index contributed by atoms with van der Waals surface area (Å²) in [5.74, 6) is -1.76. The first-order valence-corrected chi connectivity index (χ1v) is 9.19. The van der Waals surface area contributed by atoms with Crippen LogP contribution in [0.3, 0.4) is 0 Å². The number of imide groups is 1. The molecule has 1 aliphatic carbocycles. The number of hydrogen-bond donors (Lipinski definition) is 0. The lowest BCUT2D eigenvalue weighted by atomic mass is 10.1. The van der Waals surface area contributed by atoms with Crippen LogP contribution < -0.4 is 14.5 Å². The predicted molar refractivity (Wildman–Crippen MR) is 97.7 cm³/mol. The van der Waals surface area contributed by atoms with Crippen LogP contribution in [-0.2, 0) is 19.1 Å². The lowest BCUT2D eigenvalue weighted by molar-refractivity contribution is -0.130. The van der Waals surface area contributed by atoms with Crippen molar-refractivity contribution in [2.45, 2.75) is 24.5 Å². The highest BCUT2D eigenvalue weighted by Gasteiger charge is 2.58. The van der Waals surface area contributed by atoms with Crippen molar-refractivity contribution in [1.82, 2.24) is 4.90 Å². The van der Waals surface area contributed by atoms with Crippen molar-refractivity contribution in [1.29, 1.82) is 5.26 Å². The van der Waals surface area contributed by atoms with Gasteiger partial charge in [0, 0.05) is 25.5 Å². The molecule has 10 heteroatoms. The van der Waals surface area contributed by atoms with Crippen molar-refractivity contribution < 1.29 is 28.2 Å². The average Bonchev–Trinajstić information content (AvgIpc) is 3.47. The standard InChI is InChI=1S/C19H19FN4O5/c1-22-6-7-28-10-15(22)17(26)24(11-25)13-9-14-16(8-12(13)20)29-19(2-3-19)18(27)23(14)5-4-21/h8-9,11,15H,2-3,5-7,10H2,1H3. The van der Waals surface area contributed by atoms with Gasteiger partial charge in [-0.05, 0) is 13.1 Å². The first-order valence-electron chi connectivity index (χ1n) is 9.19. The summed E-state index contributed by atoms with van der Waals surface area (Å²) in [6, 6.07) is 3.42. The van der Waals surface area contributed by atoms with E-state index in [0.29, 0.717) is 30.9 Å². The summed E-state index contributed by atoms with van der Waals surface area (Å²) in [5, 5.41) is 9.12. The van der Waals surface area contributed by atoms with E-state index in [4.69, 9.17) is 14.7 Å². The summed E-state index contributed by atoms with van der Waals surface area (Å²) in [6.07, 6.45) is 1.21. The lowest BCUT2D eigenvalue weighted by Gasteiger charge is -2.35. The van der Waals surface area contributed by atoms with E-state index in [1.54, 1.807) is 11.9 Å². The monoisotopic (exact) mass is 402 g/mol. The Kier molecular flexibility index (Phi) is 4.72. The molecule has 0 radical (unpaired) electrons. The van der Waals surface area contributed by atoms with E-state index in [9.17, 15) is 18.8 Å². The maximum absolute atomic E-state index is 14.9. The summed E-state index contributed by atoms with van der Waals surface area (Å²) < 4.78 is 25.9. The van der Waals surface area contributed by atoms with Crippen molar-refractivity contribution in [2.75, 3.05) is 43.2 Å². The molecule has 1 unspecified atom stereocenters. The topological polar surface area (TPSA) is 103 Å². The van der Waals surface area contributed by atoms with Crippen LogP contribution in [0, 0.1) is 17.1 Å². The SMILES string of the molecule is CN1CCOCC1C(=O)N(C=O)c1cc2c(cc1F)OC1(CC1)C(=O)N2CC#N. The molecule has 1 saturated heterocycles. The number of benzene rings is 1. The Hall–Kier alpha value is -3.03. The normalized spacial score (nSPS) is 22.4. The number of carbonyl (C=O) groups excluding carboxylic acids is 3. The minimum Gasteiger partial charge on any atom is -0.475 e. The molecule has 1 spiro atoms. The van der Waals surface area contributed by atoms with Gasteiger partial charge in [0.2, 0.25) is 6.41 Å². The highest BCUT2D eigenvalue weighted by molar-refractivity contribution is 6.11. The number of ether oxygens (including phenoxy) is 2. The van der Waals surface area contributed by atoms with E-state index < -0.39 is 23.4 Å². The number of nitrogens with zero attached hydrogens (tertiary/aromatic N) is 4. The Labute approximate surface area is 166 Å². The maximum atomic E-state index is 14.9. The first kappa shape index (κ1) is 19.3. The predicted octanol–water partition coefficient (Wildman–Crippen LogP) is 0.427. The minimum absolute atomic E-state index is 0.0803. The van der Waals surface area contributed by atoms with Gasteiger partial charge in [0.05, 0.1) is 30.7 Å². The fourth-order valence-corrected chi connectivity index (χ4v) is 3.61. The summed E-state index contributed by atoms with van der Waals surface area (Å²) in [7, 11) is 1.72. The molecule has 1 atom stereocenters. The van der Waals surface area contributed by atoms with E-state index >= 15 is 0 Å². The second kappa shape index (κ2) is 7.09. The molecule has 2 fully saturated rings. The van der Waals surface area contributed by atoms with Crippen molar-refractivity contribution in [3.63, 3.8) is 0 Å². The molecule has 0 aromatic heterocycles. The molecule has 0 bridgehead atoms. The Balaban J connectivity index is 1.73. The lowest BCUT2D eigenvalue weighted by Crippen LogP contribution is -2.53. The number of carbonyl (C=O) groups is 3. The van der Waals surface area contributed by atoms with Gasteiger partial charge in [0.25, 0.3) is 11.8 Å². The zero-order chi connectivity index (χ0) is 20.8. The van der Waals surface area contributed by atoms with Crippen LogP contribution in [0.15, 0.2) is 12.1 Å². The van der Waals surface area contributed by atoms with E-state index in [1.165, 1.54) is 11.0 Å². The van der Waals surface area contributed by atoms with Gasteiger partial charge in [-0.25, -0.2) is 9.29 Å². The summed E-state index contributed by atoms with van der Waals surface area (Å²) >= 11 is 0. The van der Waals surface area contributed by atoms with Crippen LogP contribution in [0.4, 0.5) is 15.8 Å². The van der Waals surface area contributed by atoms with Gasteiger partial charge < -0.3 is 9.47 Å².